The molecule has 14 atom stereocenters. The summed E-state index contributed by atoms with van der Waals surface area (Å²) in [6.07, 6.45) is -11.9. The minimum absolute atomic E-state index is 0.0148. The van der Waals surface area contributed by atoms with Crippen LogP contribution in [0.4, 0.5) is 22.0 Å². The molecule has 4 aromatic rings. The van der Waals surface area contributed by atoms with Crippen molar-refractivity contribution in [1.82, 2.24) is 41.0 Å². The SMILES string of the molecule is Cc1cc2c(cc1C)N1[C@H](O)C[C@@H](c3ccc(C(=O)NC4NNC(C)S4)cc3)[C@]13C(=O)NC(=O)N=C3N2C[C@@H](O)[C@@H](O)[C@@H](O)COP(=O)(O)OP(=O)(O)OC[C@H]1O[C@@H](n2cnc3c(N)ncnc32)[C@H](O)[C@@H]1O. The molecule has 14 N–H and O–H groups in total. The first-order valence-corrected chi connectivity index (χ1v) is 26.0. The maximum Gasteiger partial charge on any atom is 0.481 e. The lowest BCUT2D eigenvalue weighted by Gasteiger charge is -2.52. The van der Waals surface area contributed by atoms with Gasteiger partial charge in [0, 0.05) is 17.9 Å². The molecule has 0 radical (unpaired) electrons. The lowest BCUT2D eigenvalue weighted by Crippen LogP contribution is -2.74. The molecule has 7 heterocycles. The van der Waals surface area contributed by atoms with E-state index in [-0.39, 0.29) is 51.6 Å². The number of aryl methyl sites for hydroxylation is 2. The first-order valence-electron chi connectivity index (χ1n) is 22.0. The molecular formula is C40H50N12O17P2S. The number of imidazole rings is 1. The van der Waals surface area contributed by atoms with Gasteiger partial charge in [-0.3, -0.25) is 28.5 Å². The number of hydrazine groups is 1. The lowest BCUT2D eigenvalue weighted by atomic mass is 9.75. The fraction of sp³-hybridized carbons (Fsp3) is 0.475. The molecule has 2 aromatic carbocycles. The molecule has 32 heteroatoms. The van der Waals surface area contributed by atoms with Gasteiger partial charge in [0.05, 0.1) is 42.8 Å². The van der Waals surface area contributed by atoms with Crippen LogP contribution in [0.1, 0.15) is 52.5 Å². The van der Waals surface area contributed by atoms with Crippen molar-refractivity contribution in [3.63, 3.8) is 0 Å². The Morgan fingerprint density at radius 1 is 0.986 bits per heavy atom. The van der Waals surface area contributed by atoms with E-state index in [4.69, 9.17) is 19.5 Å². The third-order valence-electron chi connectivity index (χ3n) is 12.9. The number of urea groups is 1. The van der Waals surface area contributed by atoms with E-state index in [1.165, 1.54) is 32.5 Å². The number of phosphoric ester groups is 2. The quantitative estimate of drug-likeness (QED) is 0.0562. The Morgan fingerprint density at radius 3 is 2.38 bits per heavy atom. The zero-order valence-corrected chi connectivity index (χ0v) is 40.7. The number of rotatable bonds is 16. The van der Waals surface area contributed by atoms with Crippen molar-refractivity contribution in [3.05, 3.63) is 71.3 Å². The number of amides is 4. The number of aliphatic hydroxyl groups is 6. The molecule has 29 nitrogen and oxygen atoms in total. The van der Waals surface area contributed by atoms with Crippen LogP contribution in [0.3, 0.4) is 0 Å². The number of hydrogen-bond acceptors (Lipinski definition) is 24. The summed E-state index contributed by atoms with van der Waals surface area (Å²) < 4.78 is 46.4. The number of nitrogen functional groups attached to an aromatic ring is 1. The fourth-order valence-electron chi connectivity index (χ4n) is 9.34. The number of anilines is 3. The number of nitrogens with two attached hydrogens (primary N) is 1. The minimum Gasteiger partial charge on any atom is -0.388 e. The zero-order valence-electron chi connectivity index (χ0n) is 38.1. The Morgan fingerprint density at radius 2 is 1.68 bits per heavy atom. The number of aliphatic imine (C=N–C) groups is 1. The van der Waals surface area contributed by atoms with E-state index in [9.17, 15) is 63.9 Å². The highest BCUT2D eigenvalue weighted by Gasteiger charge is 2.67. The molecule has 5 aliphatic rings. The van der Waals surface area contributed by atoms with Crippen LogP contribution in [-0.2, 0) is 32.0 Å². The number of benzene rings is 2. The van der Waals surface area contributed by atoms with Crippen molar-refractivity contribution in [1.29, 1.82) is 0 Å². The van der Waals surface area contributed by atoms with Gasteiger partial charge in [0.25, 0.3) is 11.8 Å². The van der Waals surface area contributed by atoms with Crippen molar-refractivity contribution in [2.75, 3.05) is 35.3 Å². The second-order valence-corrected chi connectivity index (χ2v) is 22.0. The first kappa shape index (κ1) is 51.8. The monoisotopic (exact) mass is 1060 g/mol. The van der Waals surface area contributed by atoms with Crippen LogP contribution in [0, 0.1) is 13.8 Å². The summed E-state index contributed by atoms with van der Waals surface area (Å²) in [7, 11) is -11.2. The van der Waals surface area contributed by atoms with Crippen LogP contribution in [0.5, 0.6) is 0 Å². The lowest BCUT2D eigenvalue weighted by molar-refractivity contribution is -0.123. The molecule has 5 aliphatic heterocycles. The van der Waals surface area contributed by atoms with E-state index in [2.05, 4.69) is 45.7 Å². The summed E-state index contributed by atoms with van der Waals surface area (Å²) in [6.45, 7) is 2.46. The molecule has 0 saturated carbocycles. The summed E-state index contributed by atoms with van der Waals surface area (Å²) in [5.74, 6) is -2.49. The average molecular weight is 1060 g/mol. The normalized spacial score (nSPS) is 29.9. The number of carbonyl (C=O) groups excluding carboxylic acids is 3. The van der Waals surface area contributed by atoms with E-state index in [0.717, 1.165) is 11.9 Å². The molecule has 3 fully saturated rings. The van der Waals surface area contributed by atoms with Crippen LogP contribution in [-0.4, -0.2) is 163 Å². The first-order chi connectivity index (χ1) is 34.0. The van der Waals surface area contributed by atoms with Crippen molar-refractivity contribution in [3.8, 4) is 0 Å². The molecule has 1 spiro atoms. The number of ether oxygens (including phenoxy) is 1. The standard InChI is InChI=1S/C40H50N12O17P2S/c1-16-8-22-23(9-17(16)2)52-27(55)10-21(19-4-6-20(7-5-19)34(59)45-39-49-48-18(3)72-39)40(52)36(46-38(61)47-37(40)60)50(22)11-24(53)29(56)25(54)12-66-70(62,63)69-71(64,65)67-13-26-30(57)31(58)35(68-26)51-15-44-28-32(41)42-14-43-33(28)51/h4-9,14-15,18,21,24-27,29-31,35,39,48-49,53-58H,10-13H2,1-3H3,(H,45,59)(H,62,63)(H,64,65)(H2,41,42,43)(H,47,60,61)/t18?,21-,24+,25-,26+,27+,29+,30+,31+,35+,39?,40-/m0/s1. The predicted octanol–water partition coefficient (Wildman–Crippen LogP) is -1.60. The molecule has 4 unspecified atom stereocenters. The molecule has 0 aliphatic carbocycles. The van der Waals surface area contributed by atoms with E-state index in [0.29, 0.717) is 11.1 Å². The summed E-state index contributed by atoms with van der Waals surface area (Å²) in [5, 5.41) is 72.1. The zero-order chi connectivity index (χ0) is 51.8. The number of thioether (sulfide) groups is 1. The van der Waals surface area contributed by atoms with Crippen molar-refractivity contribution in [2.24, 2.45) is 4.99 Å². The van der Waals surface area contributed by atoms with Gasteiger partial charge in [-0.15, -0.1) is 11.8 Å². The van der Waals surface area contributed by atoms with E-state index in [1.807, 2.05) is 6.92 Å². The molecule has 388 valence electrons. The van der Waals surface area contributed by atoms with Gasteiger partial charge >= 0.3 is 21.7 Å². The maximum atomic E-state index is 14.5. The molecule has 72 heavy (non-hydrogen) atoms. The molecule has 2 aromatic heterocycles. The van der Waals surface area contributed by atoms with Crippen molar-refractivity contribution in [2.45, 2.75) is 98.6 Å². The number of carbonyl (C=O) groups is 3. The average Bonchev–Trinajstić information content (AvgIpc) is 4.09. The minimum atomic E-state index is -5.66. The smallest absolute Gasteiger partial charge is 0.388 e. The number of fused-ring (bicyclic) bond motifs is 3. The van der Waals surface area contributed by atoms with Crippen LogP contribution in [0.25, 0.3) is 11.2 Å². The summed E-state index contributed by atoms with van der Waals surface area (Å²) >= 11 is 1.45. The number of β-amino-alcohol motifs (C(OH)–C–C–N with tert-alkyl or cyclic N) is 1. The molecule has 3 saturated heterocycles. The third kappa shape index (κ3) is 9.52. The van der Waals surface area contributed by atoms with E-state index < -0.39 is 119 Å². The summed E-state index contributed by atoms with van der Waals surface area (Å²) in [4.78, 5) is 80.4. The van der Waals surface area contributed by atoms with Gasteiger partial charge in [-0.2, -0.15) is 9.30 Å². The number of imide groups is 1. The Bertz CT molecular complexity index is 2920. The number of nitrogens with zero attached hydrogens (tertiary/aromatic N) is 7. The summed E-state index contributed by atoms with van der Waals surface area (Å²) in [5.41, 5.74) is 12.3. The van der Waals surface area contributed by atoms with Gasteiger partial charge in [0.15, 0.2) is 29.1 Å². The van der Waals surface area contributed by atoms with Gasteiger partial charge in [-0.25, -0.2) is 39.7 Å². The van der Waals surface area contributed by atoms with Crippen LogP contribution in [0.2, 0.25) is 0 Å². The molecule has 0 bridgehead atoms. The molecular weight excluding hydrogens is 1010 g/mol. The second-order valence-electron chi connectivity index (χ2n) is 17.5. The number of hydrogen-bond donors (Lipinski definition) is 13. The van der Waals surface area contributed by atoms with Gasteiger partial charge < -0.3 is 66.0 Å². The largest absolute Gasteiger partial charge is 0.481 e. The highest BCUT2D eigenvalue weighted by molar-refractivity contribution is 8.00. The van der Waals surface area contributed by atoms with Gasteiger partial charge in [0.2, 0.25) is 0 Å². The van der Waals surface area contributed by atoms with Crippen LogP contribution >= 0.6 is 27.4 Å². The maximum absolute atomic E-state index is 14.5. The molecule has 9 rings (SSSR count). The van der Waals surface area contributed by atoms with Gasteiger partial charge in [-0.1, -0.05) is 12.1 Å². The third-order valence-corrected chi connectivity index (χ3v) is 16.5. The highest BCUT2D eigenvalue weighted by Crippen LogP contribution is 2.61. The van der Waals surface area contributed by atoms with Gasteiger partial charge in [-0.05, 0) is 61.7 Å². The summed E-state index contributed by atoms with van der Waals surface area (Å²) in [6, 6.07) is 8.55. The Labute approximate surface area is 411 Å². The molecule has 4 amide bonds. The Kier molecular flexibility index (Phi) is 14.1. The fourth-order valence-corrected chi connectivity index (χ4v) is 12.3. The van der Waals surface area contributed by atoms with Crippen LogP contribution < -0.4 is 37.0 Å². The van der Waals surface area contributed by atoms with Crippen LogP contribution in [0.15, 0.2) is 54.0 Å². The number of amidine groups is 1. The van der Waals surface area contributed by atoms with Gasteiger partial charge in [0.1, 0.15) is 60.2 Å². The Balaban J connectivity index is 0.887. The number of aliphatic hydroxyl groups excluding tert-OH is 6. The second kappa shape index (κ2) is 19.6. The topological polar surface area (TPSA) is 421 Å². The van der Waals surface area contributed by atoms with Crippen molar-refractivity contribution < 1.29 is 82.0 Å². The number of aromatic nitrogens is 4. The predicted molar refractivity (Wildman–Crippen MR) is 250 cm³/mol. The van der Waals surface area contributed by atoms with Crippen molar-refractivity contribution >= 4 is 79.4 Å². The number of phosphoric acid groups is 2. The Hall–Kier alpha value is -5.08. The highest BCUT2D eigenvalue weighted by atomic mass is 32.2. The van der Waals surface area contributed by atoms with E-state index in [1.54, 1.807) is 50.2 Å². The number of nitrogens with one attached hydrogen (secondary N) is 4. The van der Waals surface area contributed by atoms with E-state index >= 15 is 0 Å².